The van der Waals surface area contributed by atoms with Crippen LogP contribution < -0.4 is 20.7 Å². The minimum Gasteiger partial charge on any atom is -0.494 e. The van der Waals surface area contributed by atoms with Crippen LogP contribution in [0.4, 0.5) is 16.2 Å². The summed E-state index contributed by atoms with van der Waals surface area (Å²) in [6.07, 6.45) is 1.20. The molecule has 7 nitrogen and oxygen atoms in total. The van der Waals surface area contributed by atoms with Crippen molar-refractivity contribution in [3.8, 4) is 5.75 Å². The van der Waals surface area contributed by atoms with Gasteiger partial charge in [-0.2, -0.15) is 0 Å². The average molecular weight is 415 g/mol. The summed E-state index contributed by atoms with van der Waals surface area (Å²) in [5, 5.41) is 9.98. The largest absolute Gasteiger partial charge is 0.494 e. The van der Waals surface area contributed by atoms with Crippen molar-refractivity contribution in [2.75, 3.05) is 30.3 Å². The molecule has 2 aromatic carbocycles. The number of anilines is 2. The first-order chi connectivity index (χ1) is 14.0. The number of halogens is 1. The molecule has 1 spiro atoms. The fraction of sp³-hybridized carbons (Fsp3) is 0.333. The van der Waals surface area contributed by atoms with E-state index in [0.29, 0.717) is 48.8 Å². The maximum absolute atomic E-state index is 12.6. The molecule has 0 aliphatic carbocycles. The lowest BCUT2D eigenvalue weighted by atomic mass is 9.92. The van der Waals surface area contributed by atoms with Gasteiger partial charge in [0.05, 0.1) is 17.9 Å². The van der Waals surface area contributed by atoms with Crippen LogP contribution in [0.25, 0.3) is 0 Å². The van der Waals surface area contributed by atoms with E-state index in [0.717, 1.165) is 11.4 Å². The zero-order chi connectivity index (χ0) is 20.4. The topological polar surface area (TPSA) is 82.7 Å². The van der Waals surface area contributed by atoms with Gasteiger partial charge in [-0.1, -0.05) is 11.6 Å². The van der Waals surface area contributed by atoms with Gasteiger partial charge in [-0.15, -0.1) is 0 Å². The predicted octanol–water partition coefficient (Wildman–Crippen LogP) is 3.92. The van der Waals surface area contributed by atoms with Crippen LogP contribution in [-0.4, -0.2) is 42.2 Å². The normalized spacial score (nSPS) is 17.2. The molecule has 2 aliphatic rings. The average Bonchev–Trinajstić information content (AvgIpc) is 2.70. The Labute approximate surface area is 174 Å². The molecule has 2 heterocycles. The molecule has 0 radical (unpaired) electrons. The predicted molar refractivity (Wildman–Crippen MR) is 113 cm³/mol. The van der Waals surface area contributed by atoms with Crippen LogP contribution in [-0.2, 0) is 0 Å². The van der Waals surface area contributed by atoms with Gasteiger partial charge in [0, 0.05) is 36.6 Å². The van der Waals surface area contributed by atoms with Crippen molar-refractivity contribution >= 4 is 34.9 Å². The second-order valence-electron chi connectivity index (χ2n) is 7.23. The van der Waals surface area contributed by atoms with Crippen LogP contribution in [0.1, 0.15) is 30.1 Å². The summed E-state index contributed by atoms with van der Waals surface area (Å²) < 4.78 is 5.41. The van der Waals surface area contributed by atoms with Crippen LogP contribution >= 0.6 is 11.6 Å². The summed E-state index contributed by atoms with van der Waals surface area (Å²) in [5.74, 6) is 0.646. The van der Waals surface area contributed by atoms with Gasteiger partial charge < -0.3 is 25.6 Å². The van der Waals surface area contributed by atoms with Crippen LogP contribution in [0.5, 0.6) is 5.75 Å². The van der Waals surface area contributed by atoms with Gasteiger partial charge in [0.1, 0.15) is 11.4 Å². The van der Waals surface area contributed by atoms with Gasteiger partial charge in [0.15, 0.2) is 0 Å². The van der Waals surface area contributed by atoms with Gasteiger partial charge >= 0.3 is 6.03 Å². The first-order valence-electron chi connectivity index (χ1n) is 9.67. The van der Waals surface area contributed by atoms with E-state index < -0.39 is 5.66 Å². The molecule has 8 heteroatoms. The molecule has 0 saturated carbocycles. The van der Waals surface area contributed by atoms with Gasteiger partial charge in [-0.25, -0.2) is 4.79 Å². The lowest BCUT2D eigenvalue weighted by Crippen LogP contribution is -2.63. The summed E-state index contributed by atoms with van der Waals surface area (Å²) in [5.41, 5.74) is 1.46. The number of hydrogen-bond donors (Lipinski definition) is 3. The number of amides is 3. The molecular formula is C21H23ClN4O3. The monoisotopic (exact) mass is 414 g/mol. The third-order valence-corrected chi connectivity index (χ3v) is 5.51. The highest BCUT2D eigenvalue weighted by Gasteiger charge is 2.41. The second kappa shape index (κ2) is 7.83. The van der Waals surface area contributed by atoms with E-state index in [2.05, 4.69) is 16.0 Å². The number of nitrogens with one attached hydrogen (secondary N) is 3. The molecule has 4 rings (SSSR count). The highest BCUT2D eigenvalue weighted by Crippen LogP contribution is 2.33. The van der Waals surface area contributed by atoms with Gasteiger partial charge in [0.25, 0.3) is 5.91 Å². The molecule has 0 aromatic heterocycles. The molecule has 2 aromatic rings. The number of likely N-dealkylation sites (tertiary alicyclic amines) is 1. The molecule has 0 unspecified atom stereocenters. The lowest BCUT2D eigenvalue weighted by Gasteiger charge is -2.45. The number of benzene rings is 2. The van der Waals surface area contributed by atoms with Crippen molar-refractivity contribution in [3.63, 3.8) is 0 Å². The molecular weight excluding hydrogens is 392 g/mol. The number of ether oxygens (including phenoxy) is 1. The molecule has 152 valence electrons. The number of carbonyl (C=O) groups is 2. The molecule has 2 aliphatic heterocycles. The standard InChI is InChI=1S/C21H23ClN4O3/c1-2-29-16-6-4-15(5-7-16)23-20(28)26-11-9-21(10-12-26)24-18-13-14(22)3-8-17(18)19(27)25-21/h3-8,13,24H,2,9-12H2,1H3,(H,23,28)(H,25,27). The Kier molecular flexibility index (Phi) is 5.24. The van der Waals surface area contributed by atoms with Crippen LogP contribution in [0.3, 0.4) is 0 Å². The highest BCUT2D eigenvalue weighted by molar-refractivity contribution is 6.31. The molecule has 3 amide bonds. The van der Waals surface area contributed by atoms with E-state index in [1.165, 1.54) is 0 Å². The first-order valence-corrected chi connectivity index (χ1v) is 10.0. The van der Waals surface area contributed by atoms with Gasteiger partial charge in [-0.3, -0.25) is 4.79 Å². The van der Waals surface area contributed by atoms with Crippen molar-refractivity contribution in [3.05, 3.63) is 53.1 Å². The summed E-state index contributed by atoms with van der Waals surface area (Å²) in [7, 11) is 0. The Hall–Kier alpha value is -2.93. The summed E-state index contributed by atoms with van der Waals surface area (Å²) >= 11 is 6.08. The SMILES string of the molecule is CCOc1ccc(NC(=O)N2CCC3(CC2)NC(=O)c2ccc(Cl)cc2N3)cc1. The summed E-state index contributed by atoms with van der Waals surface area (Å²) in [6, 6.07) is 12.3. The molecule has 3 N–H and O–H groups in total. The number of fused-ring (bicyclic) bond motifs is 1. The number of rotatable bonds is 3. The minimum atomic E-state index is -0.565. The Morgan fingerprint density at radius 3 is 2.59 bits per heavy atom. The van der Waals surface area contributed by atoms with E-state index in [-0.39, 0.29) is 11.9 Å². The third kappa shape index (κ3) is 4.10. The van der Waals surface area contributed by atoms with E-state index in [4.69, 9.17) is 16.3 Å². The lowest BCUT2D eigenvalue weighted by molar-refractivity contribution is 0.0852. The second-order valence-corrected chi connectivity index (χ2v) is 7.66. The Morgan fingerprint density at radius 1 is 1.17 bits per heavy atom. The van der Waals surface area contributed by atoms with E-state index in [1.54, 1.807) is 23.1 Å². The zero-order valence-electron chi connectivity index (χ0n) is 16.1. The maximum Gasteiger partial charge on any atom is 0.321 e. The van der Waals surface area contributed by atoms with Crippen molar-refractivity contribution in [1.82, 2.24) is 10.2 Å². The Balaban J connectivity index is 1.38. The molecule has 29 heavy (non-hydrogen) atoms. The van der Waals surface area contributed by atoms with Crippen molar-refractivity contribution in [2.24, 2.45) is 0 Å². The highest BCUT2D eigenvalue weighted by atomic mass is 35.5. The minimum absolute atomic E-state index is 0.122. The van der Waals surface area contributed by atoms with E-state index in [1.807, 2.05) is 31.2 Å². The Morgan fingerprint density at radius 2 is 1.90 bits per heavy atom. The number of urea groups is 1. The number of hydrogen-bond acceptors (Lipinski definition) is 4. The van der Waals surface area contributed by atoms with Crippen LogP contribution in [0.2, 0.25) is 5.02 Å². The van der Waals surface area contributed by atoms with Crippen LogP contribution in [0, 0.1) is 0 Å². The zero-order valence-corrected chi connectivity index (χ0v) is 16.9. The molecule has 1 fully saturated rings. The van der Waals surface area contributed by atoms with Crippen molar-refractivity contribution in [1.29, 1.82) is 0 Å². The van der Waals surface area contributed by atoms with Crippen molar-refractivity contribution in [2.45, 2.75) is 25.4 Å². The van der Waals surface area contributed by atoms with Crippen LogP contribution in [0.15, 0.2) is 42.5 Å². The fourth-order valence-corrected chi connectivity index (χ4v) is 3.91. The van der Waals surface area contributed by atoms with Gasteiger partial charge in [-0.05, 0) is 49.4 Å². The third-order valence-electron chi connectivity index (χ3n) is 5.27. The first kappa shape index (κ1) is 19.4. The molecule has 0 atom stereocenters. The maximum atomic E-state index is 12.6. The summed E-state index contributed by atoms with van der Waals surface area (Å²) in [6.45, 7) is 3.57. The van der Waals surface area contributed by atoms with Crippen molar-refractivity contribution < 1.29 is 14.3 Å². The molecule has 1 saturated heterocycles. The van der Waals surface area contributed by atoms with E-state index >= 15 is 0 Å². The quantitative estimate of drug-likeness (QED) is 0.710. The van der Waals surface area contributed by atoms with E-state index in [9.17, 15) is 9.59 Å². The summed E-state index contributed by atoms with van der Waals surface area (Å²) in [4.78, 5) is 26.9. The Bertz CT molecular complexity index is 924. The number of carbonyl (C=O) groups excluding carboxylic acids is 2. The number of nitrogens with zero attached hydrogens (tertiary/aromatic N) is 1. The smallest absolute Gasteiger partial charge is 0.321 e. The fourth-order valence-electron chi connectivity index (χ4n) is 3.74. The molecule has 0 bridgehead atoms. The van der Waals surface area contributed by atoms with Gasteiger partial charge in [0.2, 0.25) is 0 Å². The number of piperidine rings is 1.